The van der Waals surface area contributed by atoms with Crippen molar-refractivity contribution >= 4 is 19.9 Å². The SMILES string of the molecule is CC(C)(NS(=O)(=O)Cl)C1CC1. The summed E-state index contributed by atoms with van der Waals surface area (Å²) in [6, 6.07) is 0. The van der Waals surface area contributed by atoms with E-state index < -0.39 is 9.24 Å². The Morgan fingerprint density at radius 1 is 1.45 bits per heavy atom. The number of halogens is 1. The minimum atomic E-state index is -3.56. The fourth-order valence-electron chi connectivity index (χ4n) is 1.20. The lowest BCUT2D eigenvalue weighted by Gasteiger charge is -2.23. The molecule has 1 rings (SSSR count). The van der Waals surface area contributed by atoms with Crippen molar-refractivity contribution in [3.8, 4) is 0 Å². The summed E-state index contributed by atoms with van der Waals surface area (Å²) in [5, 5.41) is 0. The van der Waals surface area contributed by atoms with Gasteiger partial charge < -0.3 is 0 Å². The lowest BCUT2D eigenvalue weighted by molar-refractivity contribution is 0.404. The minimum Gasteiger partial charge on any atom is -0.196 e. The Labute approximate surface area is 71.7 Å². The van der Waals surface area contributed by atoms with Crippen molar-refractivity contribution in [1.29, 1.82) is 0 Å². The van der Waals surface area contributed by atoms with Crippen molar-refractivity contribution in [2.45, 2.75) is 32.2 Å². The minimum absolute atomic E-state index is 0.374. The molecule has 0 spiro atoms. The zero-order valence-corrected chi connectivity index (χ0v) is 8.17. The highest BCUT2D eigenvalue weighted by Crippen LogP contribution is 2.39. The van der Waals surface area contributed by atoms with Crippen molar-refractivity contribution in [1.82, 2.24) is 4.72 Å². The van der Waals surface area contributed by atoms with Gasteiger partial charge >= 0.3 is 0 Å². The molecule has 0 atom stereocenters. The van der Waals surface area contributed by atoms with Gasteiger partial charge in [0.25, 0.3) is 9.24 Å². The molecule has 5 heteroatoms. The summed E-state index contributed by atoms with van der Waals surface area (Å²) >= 11 is 0. The molecule has 0 aliphatic heterocycles. The van der Waals surface area contributed by atoms with Crippen LogP contribution in [0.3, 0.4) is 0 Å². The molecule has 1 aliphatic carbocycles. The van der Waals surface area contributed by atoms with E-state index in [0.29, 0.717) is 5.92 Å². The van der Waals surface area contributed by atoms with Gasteiger partial charge in [0.2, 0.25) is 0 Å². The maximum Gasteiger partial charge on any atom is 0.297 e. The molecule has 0 heterocycles. The van der Waals surface area contributed by atoms with Crippen LogP contribution in [0.15, 0.2) is 0 Å². The quantitative estimate of drug-likeness (QED) is 0.693. The molecule has 11 heavy (non-hydrogen) atoms. The van der Waals surface area contributed by atoms with Crippen LogP contribution in [0.25, 0.3) is 0 Å². The molecule has 0 aromatic rings. The van der Waals surface area contributed by atoms with Crippen LogP contribution >= 0.6 is 10.7 Å². The zero-order valence-electron chi connectivity index (χ0n) is 6.59. The van der Waals surface area contributed by atoms with Gasteiger partial charge in [0.15, 0.2) is 0 Å². The Morgan fingerprint density at radius 3 is 2.18 bits per heavy atom. The van der Waals surface area contributed by atoms with Crippen molar-refractivity contribution < 1.29 is 8.42 Å². The van der Waals surface area contributed by atoms with Gasteiger partial charge in [-0.15, -0.1) is 0 Å². The topological polar surface area (TPSA) is 46.2 Å². The average Bonchev–Trinajstić information content (AvgIpc) is 2.30. The fourth-order valence-corrected chi connectivity index (χ4v) is 2.59. The van der Waals surface area contributed by atoms with Crippen LogP contribution in [0.5, 0.6) is 0 Å². The summed E-state index contributed by atoms with van der Waals surface area (Å²) in [5.41, 5.74) is -0.374. The number of hydrogen-bond donors (Lipinski definition) is 1. The Bertz CT molecular complexity index is 243. The highest BCUT2D eigenvalue weighted by molar-refractivity contribution is 8.12. The van der Waals surface area contributed by atoms with E-state index in [1.165, 1.54) is 0 Å². The van der Waals surface area contributed by atoms with Crippen molar-refractivity contribution in [3.63, 3.8) is 0 Å². The van der Waals surface area contributed by atoms with Crippen LogP contribution < -0.4 is 4.72 Å². The predicted molar refractivity (Wildman–Crippen MR) is 44.7 cm³/mol. The van der Waals surface area contributed by atoms with Crippen LogP contribution in [0, 0.1) is 5.92 Å². The van der Waals surface area contributed by atoms with Gasteiger partial charge in [0.1, 0.15) is 0 Å². The van der Waals surface area contributed by atoms with E-state index >= 15 is 0 Å². The van der Waals surface area contributed by atoms with E-state index in [0.717, 1.165) is 12.8 Å². The Kier molecular flexibility index (Phi) is 2.20. The molecule has 0 radical (unpaired) electrons. The van der Waals surface area contributed by atoms with Gasteiger partial charge in [-0.3, -0.25) is 0 Å². The first-order valence-electron chi connectivity index (χ1n) is 3.55. The molecule has 0 aromatic carbocycles. The maximum absolute atomic E-state index is 10.6. The second-order valence-corrected chi connectivity index (χ2v) is 5.83. The molecule has 1 N–H and O–H groups in total. The molecular formula is C6H12ClNO2S. The summed E-state index contributed by atoms with van der Waals surface area (Å²) in [6.07, 6.45) is 2.18. The van der Waals surface area contributed by atoms with Gasteiger partial charge in [-0.1, -0.05) is 0 Å². The molecule has 0 aromatic heterocycles. The van der Waals surface area contributed by atoms with Gasteiger partial charge in [-0.25, -0.2) is 0 Å². The van der Waals surface area contributed by atoms with E-state index in [1.54, 1.807) is 0 Å². The monoisotopic (exact) mass is 197 g/mol. The normalized spacial score (nSPS) is 20.3. The second-order valence-electron chi connectivity index (χ2n) is 3.54. The molecule has 1 saturated carbocycles. The van der Waals surface area contributed by atoms with Gasteiger partial charge in [0.05, 0.1) is 0 Å². The van der Waals surface area contributed by atoms with E-state index in [2.05, 4.69) is 4.72 Å². The van der Waals surface area contributed by atoms with E-state index in [1.807, 2.05) is 13.8 Å². The predicted octanol–water partition coefficient (Wildman–Crippen LogP) is 1.25. The first-order valence-corrected chi connectivity index (χ1v) is 5.86. The molecule has 0 bridgehead atoms. The van der Waals surface area contributed by atoms with Crippen molar-refractivity contribution in [3.05, 3.63) is 0 Å². The number of nitrogens with one attached hydrogen (secondary N) is 1. The van der Waals surface area contributed by atoms with Crippen molar-refractivity contribution in [2.75, 3.05) is 0 Å². The largest absolute Gasteiger partial charge is 0.297 e. The number of hydrogen-bond acceptors (Lipinski definition) is 2. The third-order valence-electron chi connectivity index (χ3n) is 1.98. The lowest BCUT2D eigenvalue weighted by atomic mass is 10.0. The molecular weight excluding hydrogens is 186 g/mol. The van der Waals surface area contributed by atoms with Gasteiger partial charge in [0, 0.05) is 16.2 Å². The standard InChI is InChI=1S/C6H12ClNO2S/c1-6(2,5-3-4-5)8-11(7,9)10/h5,8H,3-4H2,1-2H3. The number of rotatable bonds is 3. The molecule has 0 saturated heterocycles. The maximum atomic E-state index is 10.6. The molecule has 66 valence electrons. The Hall–Kier alpha value is 0.200. The summed E-state index contributed by atoms with van der Waals surface area (Å²) in [6.45, 7) is 3.70. The molecule has 1 fully saturated rings. The van der Waals surface area contributed by atoms with Gasteiger partial charge in [-0.2, -0.15) is 13.1 Å². The van der Waals surface area contributed by atoms with E-state index in [-0.39, 0.29) is 5.54 Å². The highest BCUT2D eigenvalue weighted by atomic mass is 35.7. The second kappa shape index (κ2) is 2.61. The average molecular weight is 198 g/mol. The summed E-state index contributed by atoms with van der Waals surface area (Å²) in [5.74, 6) is 0.455. The Balaban J connectivity index is 2.59. The van der Waals surface area contributed by atoms with Crippen LogP contribution in [0.2, 0.25) is 0 Å². The lowest BCUT2D eigenvalue weighted by Crippen LogP contribution is -2.43. The molecule has 3 nitrogen and oxygen atoms in total. The third-order valence-corrected chi connectivity index (χ3v) is 2.98. The molecule has 1 aliphatic rings. The van der Waals surface area contributed by atoms with Crippen LogP contribution in [-0.2, 0) is 9.24 Å². The first kappa shape index (κ1) is 9.29. The third kappa shape index (κ3) is 2.97. The highest BCUT2D eigenvalue weighted by Gasteiger charge is 2.39. The van der Waals surface area contributed by atoms with Gasteiger partial charge in [-0.05, 0) is 32.6 Å². The summed E-state index contributed by atoms with van der Waals surface area (Å²) < 4.78 is 23.7. The van der Waals surface area contributed by atoms with Crippen LogP contribution in [0.1, 0.15) is 26.7 Å². The first-order chi connectivity index (χ1) is 4.81. The fraction of sp³-hybridized carbons (Fsp3) is 1.00. The molecule has 0 unspecified atom stereocenters. The molecule has 0 amide bonds. The van der Waals surface area contributed by atoms with E-state index in [9.17, 15) is 8.42 Å². The summed E-state index contributed by atoms with van der Waals surface area (Å²) in [7, 11) is 1.49. The van der Waals surface area contributed by atoms with Crippen molar-refractivity contribution in [2.24, 2.45) is 5.92 Å². The summed E-state index contributed by atoms with van der Waals surface area (Å²) in [4.78, 5) is 0. The van der Waals surface area contributed by atoms with Crippen LogP contribution in [-0.4, -0.2) is 14.0 Å². The smallest absolute Gasteiger partial charge is 0.196 e. The van der Waals surface area contributed by atoms with E-state index in [4.69, 9.17) is 10.7 Å². The zero-order chi connectivity index (χ0) is 8.70. The Morgan fingerprint density at radius 2 is 1.91 bits per heavy atom. The van der Waals surface area contributed by atoms with Crippen LogP contribution in [0.4, 0.5) is 0 Å².